The van der Waals surface area contributed by atoms with Crippen LogP contribution in [0.2, 0.25) is 0 Å². The van der Waals surface area contributed by atoms with E-state index in [4.69, 9.17) is 0 Å². The summed E-state index contributed by atoms with van der Waals surface area (Å²) in [6.45, 7) is 5.24. The lowest BCUT2D eigenvalue weighted by molar-refractivity contribution is 0.200. The third-order valence-electron chi connectivity index (χ3n) is 5.07. The maximum atomic E-state index is 4.45. The Morgan fingerprint density at radius 1 is 1.12 bits per heavy atom. The van der Waals surface area contributed by atoms with Gasteiger partial charge in [0.05, 0.1) is 5.69 Å². The molecule has 4 rings (SSSR count). The zero-order chi connectivity index (χ0) is 17.2. The lowest BCUT2D eigenvalue weighted by atomic mass is 9.95. The molecule has 0 N–H and O–H groups in total. The predicted octanol–water partition coefficient (Wildman–Crippen LogP) is 2.69. The van der Waals surface area contributed by atoms with E-state index in [0.717, 1.165) is 49.7 Å². The Bertz CT molecular complexity index is 827. The van der Waals surface area contributed by atoms with E-state index in [1.807, 2.05) is 24.1 Å². The van der Waals surface area contributed by atoms with Crippen molar-refractivity contribution in [1.82, 2.24) is 29.4 Å². The number of rotatable bonds is 4. The number of para-hydroxylation sites is 1. The van der Waals surface area contributed by atoms with Crippen molar-refractivity contribution in [3.05, 3.63) is 59.9 Å². The van der Waals surface area contributed by atoms with E-state index in [-0.39, 0.29) is 0 Å². The van der Waals surface area contributed by atoms with Crippen LogP contribution in [0.15, 0.2) is 42.9 Å². The largest absolute Gasteiger partial charge is 0.299 e. The first-order valence-electron chi connectivity index (χ1n) is 8.87. The standard InChI is InChI=1S/C19H24N6/c1-15-17(12-23(2)22-15)13-24-10-8-16(9-11-24)19-21-20-14-25(19)18-6-4-3-5-7-18/h3-7,12,14,16H,8-11,13H2,1-2H3. The van der Waals surface area contributed by atoms with E-state index in [2.05, 4.69) is 62.1 Å². The summed E-state index contributed by atoms with van der Waals surface area (Å²) in [4.78, 5) is 2.52. The van der Waals surface area contributed by atoms with E-state index in [1.165, 1.54) is 5.56 Å². The fraction of sp³-hybridized carbons (Fsp3) is 0.421. The van der Waals surface area contributed by atoms with Gasteiger partial charge >= 0.3 is 0 Å². The van der Waals surface area contributed by atoms with Crippen LogP contribution >= 0.6 is 0 Å². The van der Waals surface area contributed by atoms with Crippen molar-refractivity contribution in [2.24, 2.45) is 7.05 Å². The van der Waals surface area contributed by atoms with E-state index >= 15 is 0 Å². The Morgan fingerprint density at radius 3 is 2.56 bits per heavy atom. The van der Waals surface area contributed by atoms with Gasteiger partial charge < -0.3 is 0 Å². The molecular weight excluding hydrogens is 312 g/mol. The fourth-order valence-corrected chi connectivity index (χ4v) is 3.70. The maximum absolute atomic E-state index is 4.45. The molecule has 6 nitrogen and oxygen atoms in total. The summed E-state index contributed by atoms with van der Waals surface area (Å²) >= 11 is 0. The second-order valence-electron chi connectivity index (χ2n) is 6.86. The molecule has 1 aromatic carbocycles. The summed E-state index contributed by atoms with van der Waals surface area (Å²) in [6, 6.07) is 10.3. The highest BCUT2D eigenvalue weighted by Crippen LogP contribution is 2.28. The second kappa shape index (κ2) is 6.80. The molecule has 0 atom stereocenters. The number of nitrogens with zero attached hydrogens (tertiary/aromatic N) is 6. The van der Waals surface area contributed by atoms with Gasteiger partial charge in [-0.1, -0.05) is 18.2 Å². The highest BCUT2D eigenvalue weighted by Gasteiger charge is 2.25. The van der Waals surface area contributed by atoms with Gasteiger partial charge in [-0.25, -0.2) is 0 Å². The van der Waals surface area contributed by atoms with Crippen LogP contribution in [0.1, 0.15) is 35.8 Å². The fourth-order valence-electron chi connectivity index (χ4n) is 3.70. The molecule has 3 aromatic rings. The minimum Gasteiger partial charge on any atom is -0.299 e. The zero-order valence-electron chi connectivity index (χ0n) is 14.8. The molecule has 0 saturated carbocycles. The third kappa shape index (κ3) is 3.35. The molecule has 2 aromatic heterocycles. The number of piperidine rings is 1. The van der Waals surface area contributed by atoms with Gasteiger partial charge in [0.1, 0.15) is 12.2 Å². The van der Waals surface area contributed by atoms with Gasteiger partial charge in [0.15, 0.2) is 0 Å². The summed E-state index contributed by atoms with van der Waals surface area (Å²) in [5.41, 5.74) is 3.60. The van der Waals surface area contributed by atoms with Crippen LogP contribution < -0.4 is 0 Å². The first-order valence-corrected chi connectivity index (χ1v) is 8.87. The molecule has 0 amide bonds. The molecule has 0 radical (unpaired) electrons. The van der Waals surface area contributed by atoms with Crippen LogP contribution in [-0.4, -0.2) is 42.5 Å². The summed E-state index contributed by atoms with van der Waals surface area (Å²) in [7, 11) is 1.99. The van der Waals surface area contributed by atoms with Crippen molar-refractivity contribution in [2.45, 2.75) is 32.2 Å². The zero-order valence-corrected chi connectivity index (χ0v) is 14.8. The normalized spacial score (nSPS) is 16.4. The minimum atomic E-state index is 0.467. The molecule has 1 aliphatic rings. The highest BCUT2D eigenvalue weighted by atomic mass is 15.3. The SMILES string of the molecule is Cc1nn(C)cc1CN1CCC(c2nncn2-c2ccccc2)CC1. The first kappa shape index (κ1) is 16.0. The number of hydrogen-bond acceptors (Lipinski definition) is 4. The van der Waals surface area contributed by atoms with Crippen molar-refractivity contribution in [1.29, 1.82) is 0 Å². The molecule has 0 unspecified atom stereocenters. The molecule has 0 spiro atoms. The van der Waals surface area contributed by atoms with Gasteiger partial charge in [-0.3, -0.25) is 14.1 Å². The van der Waals surface area contributed by atoms with Gasteiger partial charge in [0.25, 0.3) is 0 Å². The topological polar surface area (TPSA) is 51.8 Å². The van der Waals surface area contributed by atoms with Crippen molar-refractivity contribution in [2.75, 3.05) is 13.1 Å². The van der Waals surface area contributed by atoms with Crippen molar-refractivity contribution in [3.63, 3.8) is 0 Å². The van der Waals surface area contributed by atoms with Crippen molar-refractivity contribution >= 4 is 0 Å². The van der Waals surface area contributed by atoms with Crippen LogP contribution in [0.4, 0.5) is 0 Å². The van der Waals surface area contributed by atoms with Crippen LogP contribution in [0.3, 0.4) is 0 Å². The lowest BCUT2D eigenvalue weighted by Crippen LogP contribution is -2.33. The van der Waals surface area contributed by atoms with Gasteiger partial charge in [-0.2, -0.15) is 5.10 Å². The Labute approximate surface area is 148 Å². The van der Waals surface area contributed by atoms with Crippen molar-refractivity contribution in [3.8, 4) is 5.69 Å². The average Bonchev–Trinajstić information content (AvgIpc) is 3.23. The quantitative estimate of drug-likeness (QED) is 0.735. The van der Waals surface area contributed by atoms with E-state index in [9.17, 15) is 0 Å². The molecule has 3 heterocycles. The summed E-state index contributed by atoms with van der Waals surface area (Å²) < 4.78 is 4.03. The lowest BCUT2D eigenvalue weighted by Gasteiger charge is -2.31. The van der Waals surface area contributed by atoms with Gasteiger partial charge in [0, 0.05) is 37.0 Å². The molecule has 0 aliphatic carbocycles. The van der Waals surface area contributed by atoms with E-state index in [1.54, 1.807) is 0 Å². The van der Waals surface area contributed by atoms with Gasteiger partial charge in [-0.05, 0) is 45.0 Å². The maximum Gasteiger partial charge on any atom is 0.140 e. The Balaban J connectivity index is 1.43. The Morgan fingerprint density at radius 2 is 1.88 bits per heavy atom. The molecule has 1 saturated heterocycles. The number of benzene rings is 1. The molecule has 6 heteroatoms. The van der Waals surface area contributed by atoms with Gasteiger partial charge in [-0.15, -0.1) is 10.2 Å². The molecule has 130 valence electrons. The van der Waals surface area contributed by atoms with Crippen LogP contribution in [0.25, 0.3) is 5.69 Å². The Kier molecular flexibility index (Phi) is 4.36. The Hall–Kier alpha value is -2.47. The first-order chi connectivity index (χ1) is 12.2. The number of aryl methyl sites for hydroxylation is 2. The van der Waals surface area contributed by atoms with E-state index < -0.39 is 0 Å². The summed E-state index contributed by atoms with van der Waals surface area (Å²) in [6.07, 6.45) is 6.19. The predicted molar refractivity (Wildman–Crippen MR) is 96.6 cm³/mol. The molecule has 25 heavy (non-hydrogen) atoms. The minimum absolute atomic E-state index is 0.467. The van der Waals surface area contributed by atoms with Gasteiger partial charge in [0.2, 0.25) is 0 Å². The second-order valence-corrected chi connectivity index (χ2v) is 6.86. The molecule has 1 fully saturated rings. The number of hydrogen-bond donors (Lipinski definition) is 0. The average molecular weight is 336 g/mol. The summed E-state index contributed by atoms with van der Waals surface area (Å²) in [5, 5.41) is 13.0. The van der Waals surface area contributed by atoms with E-state index in [0.29, 0.717) is 5.92 Å². The molecule has 1 aliphatic heterocycles. The smallest absolute Gasteiger partial charge is 0.140 e. The molecular formula is C19H24N6. The third-order valence-corrected chi connectivity index (χ3v) is 5.07. The van der Waals surface area contributed by atoms with Crippen molar-refractivity contribution < 1.29 is 0 Å². The number of aromatic nitrogens is 5. The monoisotopic (exact) mass is 336 g/mol. The van der Waals surface area contributed by atoms with Crippen LogP contribution in [0.5, 0.6) is 0 Å². The highest BCUT2D eigenvalue weighted by molar-refractivity contribution is 5.32. The summed E-state index contributed by atoms with van der Waals surface area (Å²) in [5.74, 6) is 1.55. The van der Waals surface area contributed by atoms with Crippen LogP contribution in [-0.2, 0) is 13.6 Å². The number of likely N-dealkylation sites (tertiary alicyclic amines) is 1. The van der Waals surface area contributed by atoms with Crippen LogP contribution in [0, 0.1) is 6.92 Å². The molecule has 0 bridgehead atoms.